The third-order valence-electron chi connectivity index (χ3n) is 4.59. The van der Waals surface area contributed by atoms with Crippen LogP contribution in [0.25, 0.3) is 0 Å². The molecule has 3 aromatic rings. The van der Waals surface area contributed by atoms with Crippen LogP contribution in [0.2, 0.25) is 0 Å². The van der Waals surface area contributed by atoms with Crippen LogP contribution in [0.5, 0.6) is 11.5 Å². The van der Waals surface area contributed by atoms with E-state index < -0.39 is 15.9 Å². The summed E-state index contributed by atoms with van der Waals surface area (Å²) < 4.78 is 38.5. The standard InChI is InChI=1S/C21H21N3O5S2/c1-28-20-9-14(5-8-19(20)29-11-17-12-30-13-22-17)21(25)23-16-3-2-4-18(10-16)31(26,27)24-15-6-7-15/h2-5,8-10,12-13,15,24H,6-7,11H2,1H3,(H,23,25). The van der Waals surface area contributed by atoms with Gasteiger partial charge in [0.1, 0.15) is 6.61 Å². The highest BCUT2D eigenvalue weighted by Gasteiger charge is 2.28. The zero-order chi connectivity index (χ0) is 21.8. The Morgan fingerprint density at radius 3 is 2.74 bits per heavy atom. The number of carbonyl (C=O) groups is 1. The fraction of sp³-hybridized carbons (Fsp3) is 0.238. The van der Waals surface area contributed by atoms with Crippen molar-refractivity contribution in [3.8, 4) is 11.5 Å². The molecule has 1 aliphatic rings. The summed E-state index contributed by atoms with van der Waals surface area (Å²) in [5.41, 5.74) is 3.26. The van der Waals surface area contributed by atoms with Gasteiger partial charge in [-0.25, -0.2) is 18.1 Å². The highest BCUT2D eigenvalue weighted by atomic mass is 32.2. The summed E-state index contributed by atoms with van der Waals surface area (Å²) in [6.07, 6.45) is 1.70. The predicted molar refractivity (Wildman–Crippen MR) is 117 cm³/mol. The van der Waals surface area contributed by atoms with Gasteiger partial charge in [-0.05, 0) is 49.2 Å². The highest BCUT2D eigenvalue weighted by molar-refractivity contribution is 7.89. The van der Waals surface area contributed by atoms with Crippen LogP contribution in [0.3, 0.4) is 0 Å². The molecule has 1 aliphatic carbocycles. The summed E-state index contributed by atoms with van der Waals surface area (Å²) >= 11 is 1.48. The molecule has 0 spiro atoms. The minimum Gasteiger partial charge on any atom is -0.493 e. The molecular weight excluding hydrogens is 438 g/mol. The molecule has 0 saturated heterocycles. The molecule has 31 heavy (non-hydrogen) atoms. The lowest BCUT2D eigenvalue weighted by Gasteiger charge is -2.12. The van der Waals surface area contributed by atoms with Gasteiger partial charge >= 0.3 is 0 Å². The van der Waals surface area contributed by atoms with Gasteiger partial charge in [0.15, 0.2) is 11.5 Å². The minimum atomic E-state index is -3.60. The summed E-state index contributed by atoms with van der Waals surface area (Å²) in [5.74, 6) is 0.508. The van der Waals surface area contributed by atoms with E-state index >= 15 is 0 Å². The molecule has 2 aromatic carbocycles. The van der Waals surface area contributed by atoms with Crippen molar-refractivity contribution in [1.29, 1.82) is 0 Å². The number of sulfonamides is 1. The smallest absolute Gasteiger partial charge is 0.255 e. The van der Waals surface area contributed by atoms with Crippen LogP contribution in [0.1, 0.15) is 28.9 Å². The SMILES string of the molecule is COc1cc(C(=O)Nc2cccc(S(=O)(=O)NC3CC3)c2)ccc1OCc1cscn1. The normalized spacial score (nSPS) is 13.6. The molecule has 0 aliphatic heterocycles. The first kappa shape index (κ1) is 21.3. The molecule has 0 unspecified atom stereocenters. The number of aromatic nitrogens is 1. The van der Waals surface area contributed by atoms with Crippen LogP contribution in [0.4, 0.5) is 5.69 Å². The van der Waals surface area contributed by atoms with Crippen LogP contribution >= 0.6 is 11.3 Å². The van der Waals surface area contributed by atoms with Crippen LogP contribution < -0.4 is 19.5 Å². The Labute approximate surface area is 184 Å². The first-order chi connectivity index (χ1) is 14.9. The quantitative estimate of drug-likeness (QED) is 0.508. The van der Waals surface area contributed by atoms with E-state index in [0.717, 1.165) is 18.5 Å². The number of methoxy groups -OCH3 is 1. The summed E-state index contributed by atoms with van der Waals surface area (Å²) in [7, 11) is -2.11. The fourth-order valence-corrected chi connectivity index (χ4v) is 4.72. The number of hydrogen-bond donors (Lipinski definition) is 2. The maximum absolute atomic E-state index is 12.7. The van der Waals surface area contributed by atoms with E-state index in [1.54, 1.807) is 35.8 Å². The lowest BCUT2D eigenvalue weighted by atomic mass is 10.2. The van der Waals surface area contributed by atoms with Gasteiger partial charge in [-0.15, -0.1) is 11.3 Å². The molecule has 2 N–H and O–H groups in total. The van der Waals surface area contributed by atoms with Crippen molar-refractivity contribution in [2.75, 3.05) is 12.4 Å². The molecular formula is C21H21N3O5S2. The molecule has 1 fully saturated rings. The van der Waals surface area contributed by atoms with Crippen molar-refractivity contribution < 1.29 is 22.7 Å². The molecule has 0 atom stereocenters. The van der Waals surface area contributed by atoms with Gasteiger partial charge in [0.2, 0.25) is 10.0 Å². The molecule has 1 heterocycles. The average molecular weight is 460 g/mol. The Bertz CT molecular complexity index is 1180. The van der Waals surface area contributed by atoms with Gasteiger partial charge in [-0.1, -0.05) is 6.07 Å². The molecule has 0 radical (unpaired) electrons. The van der Waals surface area contributed by atoms with E-state index in [2.05, 4.69) is 15.0 Å². The summed E-state index contributed by atoms with van der Waals surface area (Å²) in [6.45, 7) is 0.293. The molecule has 4 rings (SSSR count). The number of nitrogens with one attached hydrogen (secondary N) is 2. The highest BCUT2D eigenvalue weighted by Crippen LogP contribution is 2.29. The van der Waals surface area contributed by atoms with E-state index in [9.17, 15) is 13.2 Å². The second-order valence-electron chi connectivity index (χ2n) is 7.01. The molecule has 1 saturated carbocycles. The van der Waals surface area contributed by atoms with Gasteiger partial charge in [0.05, 0.1) is 23.2 Å². The van der Waals surface area contributed by atoms with E-state index in [1.165, 1.54) is 30.6 Å². The zero-order valence-electron chi connectivity index (χ0n) is 16.7. The molecule has 8 nitrogen and oxygen atoms in total. The second-order valence-corrected chi connectivity index (χ2v) is 9.44. The molecule has 162 valence electrons. The monoisotopic (exact) mass is 459 g/mol. The van der Waals surface area contributed by atoms with Crippen molar-refractivity contribution in [3.05, 3.63) is 64.6 Å². The number of ether oxygens (including phenoxy) is 2. The van der Waals surface area contributed by atoms with Crippen molar-refractivity contribution >= 4 is 33.0 Å². The van der Waals surface area contributed by atoms with E-state index in [-0.39, 0.29) is 10.9 Å². The number of carbonyl (C=O) groups excluding carboxylic acids is 1. The molecule has 10 heteroatoms. The van der Waals surface area contributed by atoms with Gasteiger partial charge in [0, 0.05) is 22.7 Å². The van der Waals surface area contributed by atoms with Crippen LogP contribution in [-0.2, 0) is 16.6 Å². The van der Waals surface area contributed by atoms with Gasteiger partial charge in [-0.3, -0.25) is 4.79 Å². The van der Waals surface area contributed by atoms with Crippen molar-refractivity contribution in [3.63, 3.8) is 0 Å². The molecule has 1 aromatic heterocycles. The third-order valence-corrected chi connectivity index (χ3v) is 6.74. The zero-order valence-corrected chi connectivity index (χ0v) is 18.3. The maximum Gasteiger partial charge on any atom is 0.255 e. The third kappa shape index (κ3) is 5.40. The van der Waals surface area contributed by atoms with E-state index in [0.29, 0.717) is 29.4 Å². The Morgan fingerprint density at radius 2 is 2.03 bits per heavy atom. The summed E-state index contributed by atoms with van der Waals surface area (Å²) in [5, 5.41) is 4.62. The summed E-state index contributed by atoms with van der Waals surface area (Å²) in [4.78, 5) is 17.0. The largest absolute Gasteiger partial charge is 0.493 e. The molecule has 0 bridgehead atoms. The average Bonchev–Trinajstić information content (AvgIpc) is 3.41. The van der Waals surface area contributed by atoms with Gasteiger partial charge < -0.3 is 14.8 Å². The van der Waals surface area contributed by atoms with Crippen LogP contribution in [0, 0.1) is 0 Å². The van der Waals surface area contributed by atoms with E-state index in [1.807, 2.05) is 5.38 Å². The first-order valence-electron chi connectivity index (χ1n) is 9.56. The number of benzene rings is 2. The Kier molecular flexibility index (Phi) is 6.21. The Hall–Kier alpha value is -2.95. The number of hydrogen-bond acceptors (Lipinski definition) is 7. The Balaban J connectivity index is 1.46. The van der Waals surface area contributed by atoms with Crippen LogP contribution in [-0.4, -0.2) is 32.5 Å². The Morgan fingerprint density at radius 1 is 1.19 bits per heavy atom. The topological polar surface area (TPSA) is 107 Å². The van der Waals surface area contributed by atoms with Gasteiger partial charge in [0.25, 0.3) is 5.91 Å². The van der Waals surface area contributed by atoms with Crippen molar-refractivity contribution in [2.45, 2.75) is 30.4 Å². The fourth-order valence-electron chi connectivity index (χ4n) is 2.82. The van der Waals surface area contributed by atoms with Gasteiger partial charge in [-0.2, -0.15) is 0 Å². The maximum atomic E-state index is 12.7. The summed E-state index contributed by atoms with van der Waals surface area (Å²) in [6, 6.07) is 11.0. The predicted octanol–water partition coefficient (Wildman–Crippen LogP) is 3.42. The number of rotatable bonds is 9. The number of nitrogens with zero attached hydrogens (tertiary/aromatic N) is 1. The second kappa shape index (κ2) is 9.04. The van der Waals surface area contributed by atoms with E-state index in [4.69, 9.17) is 9.47 Å². The van der Waals surface area contributed by atoms with Crippen molar-refractivity contribution in [2.24, 2.45) is 0 Å². The number of thiazole rings is 1. The molecule has 1 amide bonds. The van der Waals surface area contributed by atoms with Crippen molar-refractivity contribution in [1.82, 2.24) is 9.71 Å². The number of amides is 1. The lowest BCUT2D eigenvalue weighted by Crippen LogP contribution is -2.25. The first-order valence-corrected chi connectivity index (χ1v) is 12.0. The van der Waals surface area contributed by atoms with Crippen LogP contribution in [0.15, 0.2) is 58.3 Å². The number of anilines is 1. The lowest BCUT2D eigenvalue weighted by molar-refractivity contribution is 0.102. The minimum absolute atomic E-state index is 0.00645.